The SMILES string of the molecule is c1ccc(-c2nc(-c3ccc(-c4ccc5c(c4)C4(c6ccccc6S5)c5ccccc5-c5ccccc54)cc3)cc(-c3ccc(-c4cccc5c4oc4ccccc45)cc3)n2)cc1. The number of fused-ring (bicyclic) bond motifs is 12. The third-order valence-corrected chi connectivity index (χ3v) is 14.2. The van der Waals surface area contributed by atoms with Crippen molar-refractivity contribution in [3.63, 3.8) is 0 Å². The number of nitrogens with zero attached hydrogens (tertiary/aromatic N) is 2. The first-order chi connectivity index (χ1) is 31.2. The Morgan fingerprint density at radius 2 is 0.889 bits per heavy atom. The van der Waals surface area contributed by atoms with Gasteiger partial charge in [-0.25, -0.2) is 9.97 Å². The Bertz CT molecular complexity index is 3540. The van der Waals surface area contributed by atoms with Gasteiger partial charge in [0.05, 0.1) is 16.8 Å². The number of benzene rings is 9. The quantitative estimate of drug-likeness (QED) is 0.173. The summed E-state index contributed by atoms with van der Waals surface area (Å²) in [5.74, 6) is 0.693. The Balaban J connectivity index is 0.890. The highest BCUT2D eigenvalue weighted by Crippen LogP contribution is 2.62. The molecule has 0 amide bonds. The van der Waals surface area contributed by atoms with E-state index >= 15 is 0 Å². The van der Waals surface area contributed by atoms with Gasteiger partial charge in [-0.2, -0.15) is 0 Å². The number of rotatable bonds is 5. The van der Waals surface area contributed by atoms with E-state index in [2.05, 4.69) is 188 Å². The van der Waals surface area contributed by atoms with E-state index in [1.165, 1.54) is 48.7 Å². The van der Waals surface area contributed by atoms with Gasteiger partial charge in [0.15, 0.2) is 5.82 Å². The topological polar surface area (TPSA) is 38.9 Å². The summed E-state index contributed by atoms with van der Waals surface area (Å²) in [6, 6.07) is 78.5. The average molecular weight is 821 g/mol. The van der Waals surface area contributed by atoms with Crippen molar-refractivity contribution in [1.29, 1.82) is 0 Å². The van der Waals surface area contributed by atoms with Crippen LogP contribution < -0.4 is 0 Å². The first-order valence-electron chi connectivity index (χ1n) is 21.4. The Morgan fingerprint density at radius 3 is 1.62 bits per heavy atom. The van der Waals surface area contributed by atoms with Crippen molar-refractivity contribution in [1.82, 2.24) is 9.97 Å². The third kappa shape index (κ3) is 5.55. The fraction of sp³-hybridized carbons (Fsp3) is 0.0169. The number of furan rings is 1. The number of aromatic nitrogens is 2. The van der Waals surface area contributed by atoms with Gasteiger partial charge in [0, 0.05) is 42.8 Å². The van der Waals surface area contributed by atoms with Gasteiger partial charge in [-0.3, -0.25) is 0 Å². The summed E-state index contributed by atoms with van der Waals surface area (Å²) in [5, 5.41) is 2.25. The van der Waals surface area contributed by atoms with Crippen LogP contribution in [0.1, 0.15) is 22.3 Å². The molecule has 13 rings (SSSR count). The lowest BCUT2D eigenvalue weighted by Crippen LogP contribution is -2.32. The average Bonchev–Trinajstić information content (AvgIpc) is 3.89. The molecule has 0 saturated heterocycles. The Kier molecular flexibility index (Phi) is 8.06. The molecule has 0 radical (unpaired) electrons. The van der Waals surface area contributed by atoms with E-state index in [4.69, 9.17) is 14.4 Å². The minimum atomic E-state index is -0.412. The van der Waals surface area contributed by atoms with E-state index < -0.39 is 5.41 Å². The highest BCUT2D eigenvalue weighted by Gasteiger charge is 2.50. The van der Waals surface area contributed by atoms with Crippen LogP contribution in [0.2, 0.25) is 0 Å². The molecule has 1 aliphatic heterocycles. The molecule has 2 aliphatic rings. The van der Waals surface area contributed by atoms with Gasteiger partial charge in [-0.15, -0.1) is 0 Å². The largest absolute Gasteiger partial charge is 0.455 e. The van der Waals surface area contributed by atoms with Crippen molar-refractivity contribution >= 4 is 33.7 Å². The predicted octanol–water partition coefficient (Wildman–Crippen LogP) is 15.5. The zero-order valence-corrected chi connectivity index (χ0v) is 34.8. The second kappa shape index (κ2) is 14.1. The Morgan fingerprint density at radius 1 is 0.349 bits per heavy atom. The van der Waals surface area contributed by atoms with Crippen molar-refractivity contribution in [3.05, 3.63) is 241 Å². The van der Waals surface area contributed by atoms with Crippen LogP contribution in [0.25, 0.3) is 89.2 Å². The van der Waals surface area contributed by atoms with E-state index in [-0.39, 0.29) is 0 Å². The summed E-state index contributed by atoms with van der Waals surface area (Å²) in [6.07, 6.45) is 0. The van der Waals surface area contributed by atoms with E-state index in [0.29, 0.717) is 5.82 Å². The van der Waals surface area contributed by atoms with E-state index in [0.717, 1.165) is 66.7 Å². The molecule has 11 aromatic rings. The summed E-state index contributed by atoms with van der Waals surface area (Å²) in [6.45, 7) is 0. The molecule has 3 heterocycles. The number of hydrogen-bond acceptors (Lipinski definition) is 4. The highest BCUT2D eigenvalue weighted by atomic mass is 32.2. The van der Waals surface area contributed by atoms with E-state index in [1.807, 2.05) is 42.1 Å². The molecule has 1 aliphatic carbocycles. The van der Waals surface area contributed by atoms with E-state index in [9.17, 15) is 0 Å². The second-order valence-electron chi connectivity index (χ2n) is 16.4. The van der Waals surface area contributed by atoms with Crippen molar-refractivity contribution < 1.29 is 4.42 Å². The fourth-order valence-electron chi connectivity index (χ4n) is 10.1. The normalized spacial score (nSPS) is 13.1. The zero-order chi connectivity index (χ0) is 41.5. The van der Waals surface area contributed by atoms with Gasteiger partial charge < -0.3 is 4.42 Å². The lowest BCUT2D eigenvalue weighted by atomic mass is 9.67. The van der Waals surface area contributed by atoms with Crippen LogP contribution in [0.5, 0.6) is 0 Å². The molecular formula is C59H36N2OS. The molecule has 0 unspecified atom stereocenters. The summed E-state index contributed by atoms with van der Waals surface area (Å²) in [7, 11) is 0. The molecule has 0 bridgehead atoms. The fourth-order valence-corrected chi connectivity index (χ4v) is 11.3. The maximum Gasteiger partial charge on any atom is 0.160 e. The molecule has 9 aromatic carbocycles. The van der Waals surface area contributed by atoms with Gasteiger partial charge in [-0.05, 0) is 80.4 Å². The van der Waals surface area contributed by atoms with Gasteiger partial charge in [0.2, 0.25) is 0 Å². The Labute approximate surface area is 369 Å². The molecule has 0 saturated carbocycles. The Hall–Kier alpha value is -7.79. The lowest BCUT2D eigenvalue weighted by molar-refractivity contribution is 0.670. The van der Waals surface area contributed by atoms with Crippen molar-refractivity contribution in [2.24, 2.45) is 0 Å². The minimum Gasteiger partial charge on any atom is -0.455 e. The standard InChI is InChI=1S/C59H36N2OS/c1-2-13-41(14-3-1)58-60-52(36-53(61-58)40-31-27-38(28-32-40)43-18-12-19-47-46-17-6-10-23-54(46)62-57(43)47)39-29-25-37(26-30-39)42-33-34-56-51(35-42)59(50-22-9-11-24-55(50)63-56)48-20-7-4-15-44(48)45-16-5-8-21-49(45)59/h1-36H. The van der Waals surface area contributed by atoms with Crippen LogP contribution in [0.3, 0.4) is 0 Å². The van der Waals surface area contributed by atoms with Gasteiger partial charge >= 0.3 is 0 Å². The van der Waals surface area contributed by atoms with Gasteiger partial charge in [0.1, 0.15) is 11.2 Å². The summed E-state index contributed by atoms with van der Waals surface area (Å²) >= 11 is 1.88. The molecule has 2 aromatic heterocycles. The van der Waals surface area contributed by atoms with Crippen molar-refractivity contribution in [3.8, 4) is 67.3 Å². The molecule has 0 N–H and O–H groups in total. The maximum absolute atomic E-state index is 6.38. The van der Waals surface area contributed by atoms with Crippen molar-refractivity contribution in [2.75, 3.05) is 0 Å². The number of hydrogen-bond donors (Lipinski definition) is 0. The molecule has 0 fully saturated rings. The van der Waals surface area contributed by atoms with Crippen LogP contribution in [0, 0.1) is 0 Å². The van der Waals surface area contributed by atoms with Crippen LogP contribution in [-0.4, -0.2) is 9.97 Å². The number of para-hydroxylation sites is 2. The summed E-state index contributed by atoms with van der Waals surface area (Å²) in [4.78, 5) is 12.9. The van der Waals surface area contributed by atoms with E-state index in [1.54, 1.807) is 0 Å². The molecule has 3 nitrogen and oxygen atoms in total. The second-order valence-corrected chi connectivity index (χ2v) is 17.5. The van der Waals surface area contributed by atoms with Crippen LogP contribution in [0.15, 0.2) is 233 Å². The first kappa shape index (κ1) is 35.9. The maximum atomic E-state index is 6.38. The monoisotopic (exact) mass is 820 g/mol. The minimum absolute atomic E-state index is 0.412. The van der Waals surface area contributed by atoms with Crippen LogP contribution in [0.4, 0.5) is 0 Å². The summed E-state index contributed by atoms with van der Waals surface area (Å²) in [5.41, 5.74) is 18.7. The molecule has 0 atom stereocenters. The van der Waals surface area contributed by atoms with Crippen LogP contribution in [-0.2, 0) is 5.41 Å². The van der Waals surface area contributed by atoms with Crippen LogP contribution >= 0.6 is 11.8 Å². The molecule has 294 valence electrons. The highest BCUT2D eigenvalue weighted by molar-refractivity contribution is 7.99. The molecule has 63 heavy (non-hydrogen) atoms. The smallest absolute Gasteiger partial charge is 0.160 e. The summed E-state index contributed by atoms with van der Waals surface area (Å²) < 4.78 is 6.38. The predicted molar refractivity (Wildman–Crippen MR) is 258 cm³/mol. The third-order valence-electron chi connectivity index (χ3n) is 13.0. The zero-order valence-electron chi connectivity index (χ0n) is 34.0. The van der Waals surface area contributed by atoms with Gasteiger partial charge in [0.25, 0.3) is 0 Å². The molecular weight excluding hydrogens is 785 g/mol. The molecule has 1 spiro atoms. The molecule has 4 heteroatoms. The van der Waals surface area contributed by atoms with Crippen molar-refractivity contribution in [2.45, 2.75) is 15.2 Å². The van der Waals surface area contributed by atoms with Gasteiger partial charge in [-0.1, -0.05) is 200 Å². The first-order valence-corrected chi connectivity index (χ1v) is 22.2. The lowest BCUT2D eigenvalue weighted by Gasteiger charge is -2.40.